The molecule has 3 aromatic heterocycles. The predicted molar refractivity (Wildman–Crippen MR) is 356 cm³/mol. The van der Waals surface area contributed by atoms with E-state index >= 15 is 0 Å². The molecule has 0 bridgehead atoms. The van der Waals surface area contributed by atoms with E-state index in [-0.39, 0.29) is 31.9 Å². The van der Waals surface area contributed by atoms with Gasteiger partial charge in [-0.15, -0.1) is 34.8 Å². The van der Waals surface area contributed by atoms with Crippen molar-refractivity contribution >= 4 is 21.8 Å². The van der Waals surface area contributed by atoms with Crippen molar-refractivity contribution < 1.29 is 30.5 Å². The molecule has 3 heterocycles. The number of para-hydroxylation sites is 1. The molecular weight excluding hydrogens is 1250 g/mol. The Bertz CT molecular complexity index is 4580. The minimum atomic E-state index is -0.122. The zero-order valence-electron chi connectivity index (χ0n) is 49.9. The Morgan fingerprint density at radius 1 is 0.409 bits per heavy atom. The first kappa shape index (κ1) is 57.1. The molecule has 0 spiro atoms. The third-order valence-corrected chi connectivity index (χ3v) is 16.4. The summed E-state index contributed by atoms with van der Waals surface area (Å²) in [5, 5.41) is 7.89. The van der Waals surface area contributed by atoms with Gasteiger partial charge in [0, 0.05) is 49.8 Å². The molecule has 0 aliphatic carbocycles. The first-order valence-corrected chi connectivity index (χ1v) is 29.7. The van der Waals surface area contributed by atoms with Gasteiger partial charge in [-0.25, -0.2) is 4.98 Å². The van der Waals surface area contributed by atoms with Crippen molar-refractivity contribution in [2.45, 2.75) is 52.4 Å². The number of fused-ring (bicyclic) bond motifs is 3. The number of rotatable bonds is 12. The molecule has 11 aromatic carbocycles. The number of aromatic nitrogens is 5. The van der Waals surface area contributed by atoms with Gasteiger partial charge in [0.15, 0.2) is 5.82 Å². The maximum Gasteiger partial charge on any atom is 0.272 e. The Labute approximate surface area is 530 Å². The van der Waals surface area contributed by atoms with E-state index in [1.165, 1.54) is 11.1 Å². The molecule has 0 aliphatic heterocycles. The summed E-state index contributed by atoms with van der Waals surface area (Å²) in [4.78, 5) is 4.93. The molecule has 0 N–H and O–H groups in total. The number of nitrogens with zero attached hydrogens (tertiary/aromatic N) is 5. The molecule has 0 unspecified atom stereocenters. The summed E-state index contributed by atoms with van der Waals surface area (Å²) in [6.45, 7) is 13.4. The molecule has 0 atom stereocenters. The molecule has 14 aromatic rings. The van der Waals surface area contributed by atoms with Crippen LogP contribution in [0.3, 0.4) is 0 Å². The molecule has 0 fully saturated rings. The molecule has 0 radical (unpaired) electrons. The van der Waals surface area contributed by atoms with Gasteiger partial charge in [-0.05, 0) is 149 Å². The Balaban J connectivity index is 0.00000714. The molecule has 88 heavy (non-hydrogen) atoms. The quantitative estimate of drug-likeness (QED) is 0.0905. The summed E-state index contributed by atoms with van der Waals surface area (Å²) >= 11 is 0. The summed E-state index contributed by atoms with van der Waals surface area (Å²) in [5.74, 6) is 2.54. The van der Waals surface area contributed by atoms with E-state index in [9.17, 15) is 0 Å². The van der Waals surface area contributed by atoms with E-state index < -0.39 is 0 Å². The van der Waals surface area contributed by atoms with Gasteiger partial charge >= 0.3 is 0 Å². The van der Waals surface area contributed by atoms with Crippen molar-refractivity contribution in [3.05, 3.63) is 303 Å². The van der Waals surface area contributed by atoms with Gasteiger partial charge in [0.05, 0.1) is 5.69 Å². The Kier molecular flexibility index (Phi) is 15.4. The largest absolute Gasteiger partial charge is 0.510 e. The van der Waals surface area contributed by atoms with Gasteiger partial charge in [-0.3, -0.25) is 0 Å². The van der Waals surface area contributed by atoms with E-state index in [1.807, 2.05) is 29.1 Å². The van der Waals surface area contributed by atoms with E-state index in [0.29, 0.717) is 23.0 Å². The van der Waals surface area contributed by atoms with E-state index in [0.717, 1.165) is 106 Å². The maximum absolute atomic E-state index is 6.91. The van der Waals surface area contributed by atoms with Crippen LogP contribution in [0.1, 0.15) is 52.7 Å². The van der Waals surface area contributed by atoms with Crippen LogP contribution in [-0.4, -0.2) is 19.2 Å². The molecule has 430 valence electrons. The van der Waals surface area contributed by atoms with Gasteiger partial charge < -0.3 is 13.9 Å². The number of hydrogen-bond acceptors (Lipinski definition) is 3. The molecule has 0 amide bonds. The van der Waals surface area contributed by atoms with Crippen LogP contribution >= 0.6 is 0 Å². The predicted octanol–water partition coefficient (Wildman–Crippen LogP) is 20.1. The molecule has 0 saturated carbocycles. The average molecular weight is 1320 g/mol. The second-order valence-electron chi connectivity index (χ2n) is 24.4. The Hall–Kier alpha value is -10.0. The molecule has 0 aliphatic rings. The normalized spacial score (nSPS) is 11.7. The fraction of sp³-hybridized carbons (Fsp3) is 0.0988. The molecule has 0 saturated heterocycles. The zero-order chi connectivity index (χ0) is 59.2. The van der Waals surface area contributed by atoms with Gasteiger partial charge in [0.25, 0.3) is 6.33 Å². The first-order valence-electron chi connectivity index (χ1n) is 29.7. The van der Waals surface area contributed by atoms with Gasteiger partial charge in [-0.1, -0.05) is 235 Å². The van der Waals surface area contributed by atoms with E-state index in [2.05, 4.69) is 318 Å². The van der Waals surface area contributed by atoms with Crippen LogP contribution in [0.2, 0.25) is 0 Å². The zero-order valence-corrected chi connectivity index (χ0v) is 52.2. The molecule has 14 rings (SSSR count). The van der Waals surface area contributed by atoms with Crippen molar-refractivity contribution in [2.24, 2.45) is 0 Å². The van der Waals surface area contributed by atoms with Crippen LogP contribution in [-0.2, 0) is 31.9 Å². The van der Waals surface area contributed by atoms with Crippen molar-refractivity contribution in [2.75, 3.05) is 0 Å². The summed E-state index contributed by atoms with van der Waals surface area (Å²) < 4.78 is 13.0. The first-order chi connectivity index (χ1) is 42.4. The van der Waals surface area contributed by atoms with Gasteiger partial charge in [0.2, 0.25) is 0 Å². The van der Waals surface area contributed by atoms with Crippen LogP contribution in [0, 0.1) is 18.5 Å². The van der Waals surface area contributed by atoms with E-state index in [1.54, 1.807) is 0 Å². The molecule has 6 nitrogen and oxygen atoms in total. The average Bonchev–Trinajstić information content (AvgIpc) is 1.74. The summed E-state index contributed by atoms with van der Waals surface area (Å²) in [6, 6.07) is 102. The third-order valence-electron chi connectivity index (χ3n) is 16.4. The van der Waals surface area contributed by atoms with Crippen LogP contribution in [0.5, 0.6) is 11.5 Å². The fourth-order valence-corrected chi connectivity index (χ4v) is 11.8. The summed E-state index contributed by atoms with van der Waals surface area (Å²) in [7, 11) is 0. The maximum atomic E-state index is 6.91. The minimum absolute atomic E-state index is 0. The monoisotopic (exact) mass is 1320 g/mol. The Morgan fingerprint density at radius 3 is 1.45 bits per heavy atom. The third kappa shape index (κ3) is 11.4. The topological polar surface area (TPSA) is 48.8 Å². The number of hydrogen-bond donors (Lipinski definition) is 0. The molecule has 7 heteroatoms. The minimum Gasteiger partial charge on any atom is -0.510 e. The van der Waals surface area contributed by atoms with Gasteiger partial charge in [0.1, 0.15) is 5.82 Å². The van der Waals surface area contributed by atoms with Gasteiger partial charge in [-0.2, -0.15) is 22.9 Å². The number of ether oxygens (including phenoxy) is 1. The van der Waals surface area contributed by atoms with Crippen LogP contribution in [0.15, 0.2) is 273 Å². The smallest absolute Gasteiger partial charge is 0.272 e. The van der Waals surface area contributed by atoms with E-state index in [4.69, 9.17) is 14.8 Å². The van der Waals surface area contributed by atoms with Crippen molar-refractivity contribution in [1.29, 1.82) is 0 Å². The SMILES string of the molecule is CC(C)(C)c1cccc(-[n+]2[c-]n(-c3[c-]c(Oc4[c-]c5c(cc4)c4ccccc4n5-c4cc(C(C)(C)C)ccn4)ccc3)c(-c3c(-c4cc(-c5ccccc5)cc(-c5ccccc5)c4)cccc3-c3cc(-c4ccccc4)cc(-c4ccccc4)c3)n2)c1.[Pt]. The summed E-state index contributed by atoms with van der Waals surface area (Å²) in [6.07, 6.45) is 5.69. The standard InChI is InChI=1S/C81H63N5O.Pt/c1-80(2,3)65-32-21-34-68(50-65)85-54-84(67-33-22-35-69(52-67)87-70-40-41-74-73-36-19-20-39-75(73)86(76(74)53-70)77-51-66(42-43-82-77)81(4,5)6)79(83-85)78-71(63-46-59(55-24-11-7-12-25-55)44-60(47-63)56-26-13-8-14-27-56)37-23-38-72(78)64-48-61(57-28-15-9-16-29-57)45-62(49-64)58-30-17-10-18-31-58;/h7-51H,1-6H3;/q-2;. The second-order valence-corrected chi connectivity index (χ2v) is 24.4. The second kappa shape index (κ2) is 23.7. The van der Waals surface area contributed by atoms with Crippen LogP contribution in [0.4, 0.5) is 0 Å². The Morgan fingerprint density at radius 2 is 0.898 bits per heavy atom. The molecular formula is C81H63N5OPt-2. The number of pyridine rings is 1. The van der Waals surface area contributed by atoms with Crippen molar-refractivity contribution in [1.82, 2.24) is 19.2 Å². The van der Waals surface area contributed by atoms with Crippen molar-refractivity contribution in [3.8, 4) is 107 Å². The number of benzene rings is 11. The fourth-order valence-electron chi connectivity index (χ4n) is 11.8. The van der Waals surface area contributed by atoms with Crippen molar-refractivity contribution in [3.63, 3.8) is 0 Å². The van der Waals surface area contributed by atoms with Crippen LogP contribution in [0.25, 0.3) is 117 Å². The summed E-state index contributed by atoms with van der Waals surface area (Å²) in [5.41, 5.74) is 19.6. The van der Waals surface area contributed by atoms with Crippen LogP contribution < -0.4 is 9.42 Å².